The van der Waals surface area contributed by atoms with E-state index < -0.39 is 0 Å². The number of carbonyl (C=O) groups is 1. The number of amides is 1. The van der Waals surface area contributed by atoms with E-state index in [0.717, 1.165) is 6.42 Å². The molecule has 1 saturated carbocycles. The van der Waals surface area contributed by atoms with Crippen molar-refractivity contribution in [2.24, 2.45) is 0 Å². The molecule has 1 rings (SSSR count). The van der Waals surface area contributed by atoms with E-state index in [-0.39, 0.29) is 11.3 Å². The molecule has 0 heterocycles. The Morgan fingerprint density at radius 2 is 2.22 bits per heavy atom. The van der Waals surface area contributed by atoms with Crippen LogP contribution in [0.5, 0.6) is 0 Å². The van der Waals surface area contributed by atoms with Gasteiger partial charge in [-0.25, -0.2) is 0 Å². The second kappa shape index (κ2) is 2.18. The predicted molar refractivity (Wildman–Crippen MR) is 36.5 cm³/mol. The van der Waals surface area contributed by atoms with Crippen LogP contribution in [0, 0.1) is 0 Å². The fraction of sp³-hybridized carbons (Fsp3) is 0.833. The van der Waals surface area contributed by atoms with Gasteiger partial charge in [0, 0.05) is 20.0 Å². The Hall–Kier alpha value is -0.240. The lowest BCUT2D eigenvalue weighted by Crippen LogP contribution is -2.27. The third-order valence-electron chi connectivity index (χ3n) is 1.68. The number of alkyl halides is 1. The first-order chi connectivity index (χ1) is 4.13. The van der Waals surface area contributed by atoms with Gasteiger partial charge in [-0.2, -0.15) is 0 Å². The van der Waals surface area contributed by atoms with E-state index in [1.165, 1.54) is 0 Å². The summed E-state index contributed by atoms with van der Waals surface area (Å²) >= 11 is 5.70. The zero-order chi connectivity index (χ0) is 7.02. The molecular weight excluding hydrogens is 138 g/mol. The Labute approximate surface area is 59.8 Å². The molecule has 9 heavy (non-hydrogen) atoms. The van der Waals surface area contributed by atoms with Gasteiger partial charge in [0.05, 0.1) is 5.38 Å². The number of hydrogen-bond donors (Lipinski definition) is 0. The van der Waals surface area contributed by atoms with E-state index in [4.69, 9.17) is 11.6 Å². The second-order valence-corrected chi connectivity index (χ2v) is 3.01. The van der Waals surface area contributed by atoms with E-state index in [2.05, 4.69) is 0 Å². The molecule has 2 unspecified atom stereocenters. The molecule has 52 valence electrons. The Morgan fingerprint density at radius 1 is 1.78 bits per heavy atom. The van der Waals surface area contributed by atoms with Crippen LogP contribution in [0.3, 0.4) is 0 Å². The lowest BCUT2D eigenvalue weighted by atomic mass is 10.5. The summed E-state index contributed by atoms with van der Waals surface area (Å²) in [5.41, 5.74) is 0. The van der Waals surface area contributed by atoms with E-state index >= 15 is 0 Å². The Balaban J connectivity index is 2.36. The molecular formula is C6H10ClNO. The van der Waals surface area contributed by atoms with Crippen LogP contribution in [0.1, 0.15) is 13.3 Å². The molecule has 0 spiro atoms. The number of hydrogen-bond acceptors (Lipinski definition) is 1. The van der Waals surface area contributed by atoms with Gasteiger partial charge in [0.2, 0.25) is 5.91 Å². The zero-order valence-electron chi connectivity index (χ0n) is 5.60. The van der Waals surface area contributed by atoms with Crippen molar-refractivity contribution in [2.45, 2.75) is 24.8 Å². The molecule has 0 saturated heterocycles. The normalized spacial score (nSPS) is 31.9. The molecule has 3 heteroatoms. The van der Waals surface area contributed by atoms with Crippen molar-refractivity contribution in [3.8, 4) is 0 Å². The minimum Gasteiger partial charge on any atom is -0.341 e. The fourth-order valence-electron chi connectivity index (χ4n) is 0.786. The van der Waals surface area contributed by atoms with Crippen molar-refractivity contribution in [1.29, 1.82) is 0 Å². The molecule has 2 nitrogen and oxygen atoms in total. The van der Waals surface area contributed by atoms with Crippen LogP contribution in [-0.2, 0) is 4.79 Å². The van der Waals surface area contributed by atoms with Gasteiger partial charge < -0.3 is 4.90 Å². The van der Waals surface area contributed by atoms with Crippen molar-refractivity contribution >= 4 is 17.5 Å². The van der Waals surface area contributed by atoms with Gasteiger partial charge in [-0.3, -0.25) is 4.79 Å². The van der Waals surface area contributed by atoms with Crippen LogP contribution in [0.15, 0.2) is 0 Å². The first kappa shape index (κ1) is 6.87. The molecule has 0 bridgehead atoms. The maximum Gasteiger partial charge on any atom is 0.219 e. The zero-order valence-corrected chi connectivity index (χ0v) is 6.35. The Bertz CT molecular complexity index is 137. The largest absolute Gasteiger partial charge is 0.341 e. The SMILES string of the molecule is CC(=O)N(C)C1CC1Cl. The minimum atomic E-state index is 0.100. The molecule has 0 aromatic rings. The summed E-state index contributed by atoms with van der Waals surface area (Å²) in [5, 5.41) is 0.207. The van der Waals surface area contributed by atoms with Crippen molar-refractivity contribution in [2.75, 3.05) is 7.05 Å². The molecule has 1 aliphatic rings. The predicted octanol–water partition coefficient (Wildman–Crippen LogP) is 0.844. The maximum absolute atomic E-state index is 10.6. The maximum atomic E-state index is 10.6. The molecule has 0 N–H and O–H groups in total. The molecule has 1 amide bonds. The summed E-state index contributed by atoms with van der Waals surface area (Å²) in [6.45, 7) is 1.56. The van der Waals surface area contributed by atoms with Crippen molar-refractivity contribution < 1.29 is 4.79 Å². The van der Waals surface area contributed by atoms with Gasteiger partial charge in [-0.15, -0.1) is 11.6 Å². The summed E-state index contributed by atoms with van der Waals surface area (Å²) in [6.07, 6.45) is 0.956. The molecule has 0 aromatic carbocycles. The third-order valence-corrected chi connectivity index (χ3v) is 2.14. The van der Waals surface area contributed by atoms with Gasteiger partial charge in [0.25, 0.3) is 0 Å². The first-order valence-corrected chi connectivity index (χ1v) is 3.44. The van der Waals surface area contributed by atoms with E-state index in [1.807, 2.05) is 0 Å². The van der Waals surface area contributed by atoms with Crippen LogP contribution >= 0.6 is 11.6 Å². The van der Waals surface area contributed by atoms with Gasteiger partial charge in [0.1, 0.15) is 0 Å². The summed E-state index contributed by atoms with van der Waals surface area (Å²) in [7, 11) is 1.79. The van der Waals surface area contributed by atoms with Crippen LogP contribution < -0.4 is 0 Å². The lowest BCUT2D eigenvalue weighted by molar-refractivity contribution is -0.127. The molecule has 0 aromatic heterocycles. The average Bonchev–Trinajstić information content (AvgIpc) is 2.44. The van der Waals surface area contributed by atoms with Gasteiger partial charge in [-0.1, -0.05) is 0 Å². The third kappa shape index (κ3) is 1.36. The minimum absolute atomic E-state index is 0.100. The second-order valence-electron chi connectivity index (χ2n) is 2.45. The molecule has 1 fully saturated rings. The van der Waals surface area contributed by atoms with E-state index in [0.29, 0.717) is 6.04 Å². The standard InChI is InChI=1S/C6H10ClNO/c1-4(9)8(2)6-3-5(6)7/h5-6H,3H2,1-2H3. The highest BCUT2D eigenvalue weighted by Gasteiger charge is 2.39. The van der Waals surface area contributed by atoms with Gasteiger partial charge >= 0.3 is 0 Å². The summed E-state index contributed by atoms with van der Waals surface area (Å²) in [5.74, 6) is 0.100. The van der Waals surface area contributed by atoms with Gasteiger partial charge in [0.15, 0.2) is 0 Å². The number of rotatable bonds is 1. The lowest BCUT2D eigenvalue weighted by Gasteiger charge is -2.12. The topological polar surface area (TPSA) is 20.3 Å². The molecule has 0 radical (unpaired) electrons. The smallest absolute Gasteiger partial charge is 0.219 e. The fourth-order valence-corrected chi connectivity index (χ4v) is 1.14. The highest BCUT2D eigenvalue weighted by molar-refractivity contribution is 6.23. The summed E-state index contributed by atoms with van der Waals surface area (Å²) in [4.78, 5) is 12.3. The van der Waals surface area contributed by atoms with Crippen LogP contribution in [-0.4, -0.2) is 29.3 Å². The first-order valence-electron chi connectivity index (χ1n) is 3.00. The molecule has 1 aliphatic carbocycles. The van der Waals surface area contributed by atoms with Crippen LogP contribution in [0.25, 0.3) is 0 Å². The van der Waals surface area contributed by atoms with E-state index in [9.17, 15) is 4.79 Å². The number of carbonyl (C=O) groups excluding carboxylic acids is 1. The monoisotopic (exact) mass is 147 g/mol. The quantitative estimate of drug-likeness (QED) is 0.504. The number of halogens is 1. The van der Waals surface area contributed by atoms with Crippen molar-refractivity contribution in [3.05, 3.63) is 0 Å². The highest BCUT2D eigenvalue weighted by atomic mass is 35.5. The number of nitrogens with zero attached hydrogens (tertiary/aromatic N) is 1. The summed E-state index contributed by atoms with van der Waals surface area (Å²) < 4.78 is 0. The molecule has 0 aliphatic heterocycles. The van der Waals surface area contributed by atoms with Crippen LogP contribution in [0.4, 0.5) is 0 Å². The summed E-state index contributed by atoms with van der Waals surface area (Å²) in [6, 6.07) is 0.309. The average molecular weight is 148 g/mol. The van der Waals surface area contributed by atoms with Gasteiger partial charge in [-0.05, 0) is 6.42 Å². The van der Waals surface area contributed by atoms with Crippen LogP contribution in [0.2, 0.25) is 0 Å². The molecule has 2 atom stereocenters. The van der Waals surface area contributed by atoms with E-state index in [1.54, 1.807) is 18.9 Å². The Morgan fingerprint density at radius 3 is 2.33 bits per heavy atom. The van der Waals surface area contributed by atoms with Crippen molar-refractivity contribution in [1.82, 2.24) is 4.90 Å². The highest BCUT2D eigenvalue weighted by Crippen LogP contribution is 2.32. The van der Waals surface area contributed by atoms with Crippen molar-refractivity contribution in [3.63, 3.8) is 0 Å². The Kier molecular flexibility index (Phi) is 1.66.